The van der Waals surface area contributed by atoms with Gasteiger partial charge in [-0.3, -0.25) is 29.1 Å². The van der Waals surface area contributed by atoms with E-state index in [-0.39, 0.29) is 88.2 Å². The number of carboxylic acids is 1. The minimum atomic E-state index is -4.43. The number of carboxylic acid groups (broad SMARTS) is 1. The second kappa shape index (κ2) is 34.4. The van der Waals surface area contributed by atoms with Gasteiger partial charge in [-0.05, 0) is 70.1 Å². The number of carbonyl (C=O) groups is 3. The van der Waals surface area contributed by atoms with Gasteiger partial charge in [0.05, 0.1) is 63.8 Å². The number of alkyl halides is 3. The zero-order chi connectivity index (χ0) is 48.0. The quantitative estimate of drug-likeness (QED) is 0.181. The van der Waals surface area contributed by atoms with E-state index in [9.17, 15) is 32.7 Å². The third-order valence-electron chi connectivity index (χ3n) is 10.7. The molecule has 0 bridgehead atoms. The van der Waals surface area contributed by atoms with Crippen LogP contribution in [0.15, 0.2) is 48.5 Å². The van der Waals surface area contributed by atoms with Crippen molar-refractivity contribution in [1.82, 2.24) is 29.8 Å². The molecular weight excluding hydrogens is 968 g/mol. The number of benzene rings is 2. The topological polar surface area (TPSA) is 196 Å². The number of hydrogen-bond donors (Lipinski definition) is 2. The summed E-state index contributed by atoms with van der Waals surface area (Å²) in [7, 11) is 4.03. The molecule has 21 heteroatoms. The van der Waals surface area contributed by atoms with Crippen LogP contribution in [0.25, 0.3) is 0 Å². The number of likely N-dealkylation sites (N-methyl/N-ethyl adjacent to an activating group) is 2. The van der Waals surface area contributed by atoms with Crippen LogP contribution in [-0.4, -0.2) is 217 Å². The van der Waals surface area contributed by atoms with Crippen molar-refractivity contribution < 1.29 is 66.1 Å². The Kier molecular flexibility index (Phi) is 31.4. The number of halogens is 3. The number of likely N-dealkylation sites (tertiary alicyclic amines) is 1. The fourth-order valence-electron chi connectivity index (χ4n) is 7.49. The molecule has 17 nitrogen and oxygen atoms in total. The van der Waals surface area contributed by atoms with Crippen LogP contribution < -0.4 is 5.32 Å². The first-order chi connectivity index (χ1) is 31.1. The summed E-state index contributed by atoms with van der Waals surface area (Å²) in [6.45, 7) is 10.7. The molecule has 0 saturated carbocycles. The number of amides is 1. The van der Waals surface area contributed by atoms with Crippen molar-refractivity contribution in [3.63, 3.8) is 0 Å². The minimum absolute atomic E-state index is 0. The van der Waals surface area contributed by atoms with Crippen LogP contribution in [0.4, 0.5) is 13.2 Å². The predicted octanol–water partition coefficient (Wildman–Crippen LogP) is 1.45. The average Bonchev–Trinajstić information content (AvgIpc) is 3.25. The van der Waals surface area contributed by atoms with Crippen molar-refractivity contribution in [2.75, 3.05) is 126 Å². The molecule has 0 aromatic heterocycles. The van der Waals surface area contributed by atoms with Gasteiger partial charge in [-0.15, -0.1) is 0 Å². The molecule has 2 saturated heterocycles. The molecule has 1 amide bonds. The van der Waals surface area contributed by atoms with E-state index < -0.39 is 17.7 Å². The second-order valence-corrected chi connectivity index (χ2v) is 16.0. The van der Waals surface area contributed by atoms with Gasteiger partial charge in [0, 0.05) is 71.9 Å². The third kappa shape index (κ3) is 25.9. The number of ether oxygens (including phenoxy) is 3. The van der Waals surface area contributed by atoms with E-state index in [0.717, 1.165) is 69.8 Å². The number of rotatable bonds is 20. The number of carbonyl (C=O) groups excluding carboxylic acids is 6. The average molecular weight is 1040 g/mol. The van der Waals surface area contributed by atoms with Gasteiger partial charge in [0.1, 0.15) is 5.78 Å². The number of aliphatic carboxylic acids is 1. The van der Waals surface area contributed by atoms with E-state index in [2.05, 4.69) is 24.9 Å². The molecule has 2 heterocycles. The zero-order valence-corrected chi connectivity index (χ0v) is 37.7. The molecule has 2 aromatic carbocycles. The number of nitrogens with one attached hydrogen (secondary N) is 1. The van der Waals surface area contributed by atoms with Crippen molar-refractivity contribution in [1.29, 1.82) is 0 Å². The zero-order valence-electron chi connectivity index (χ0n) is 37.7. The maximum atomic E-state index is 13.5. The molecule has 0 aliphatic carbocycles. The van der Waals surface area contributed by atoms with E-state index in [1.807, 2.05) is 49.3 Å². The number of ketones is 1. The van der Waals surface area contributed by atoms with Crippen LogP contribution >= 0.6 is 0 Å². The van der Waals surface area contributed by atoms with Crippen LogP contribution in [0.1, 0.15) is 54.0 Å². The Morgan fingerprint density at radius 2 is 1.33 bits per heavy atom. The molecule has 368 valence electrons. The summed E-state index contributed by atoms with van der Waals surface area (Å²) in [4.78, 5) is 80.2. The molecular formula is C45H68F3InN6O11. The Morgan fingerprint density at radius 1 is 0.773 bits per heavy atom. The molecule has 2 aliphatic rings. The molecule has 2 aromatic rings. The van der Waals surface area contributed by atoms with Gasteiger partial charge in [0.2, 0.25) is 5.91 Å². The standard InChI is InChI=1S/C43H65F3N6O7.2CO2.In.3H/c1-34-27-35(29-37(28-34)43(44,45)46)33-59-39-12-7-14-52(42(39)36-9-5-4-6-10-36)30-38(53)11-8-23-57-25-26-58-24-13-47-40(54)31-50-19-15-48(2)17-21-51(32-41(55)56)22-18-49(3)16-20-50;2*2-1-3;;;;/h4-6,9-10,27-29,39,42H,7-8,11-26,30-33H2,1-3H3,(H,47,54)(H,55,56);;;;;;/t39-,42-;;;;;;/m0....../s1/i;;;1-4;;;. The normalized spacial score (nSPS) is 18.3. The Hall–Kier alpha value is -3.85. The fourth-order valence-corrected chi connectivity index (χ4v) is 7.49. The molecule has 0 unspecified atom stereocenters. The summed E-state index contributed by atoms with van der Waals surface area (Å²) in [5.74, 6) is -0.790. The Bertz CT molecular complexity index is 1740. The Labute approximate surface area is 404 Å². The third-order valence-corrected chi connectivity index (χ3v) is 10.7. The Balaban J connectivity index is 0.00000294. The Morgan fingerprint density at radius 3 is 1.89 bits per heavy atom. The summed E-state index contributed by atoms with van der Waals surface area (Å²) in [5.41, 5.74) is 1.32. The van der Waals surface area contributed by atoms with E-state index >= 15 is 0 Å². The SMILES string of the molecule is Cc1cc(CO[C@H]2CCCN(CC(=O)CCCOCCOCCNC(=O)CN3CCN(C)CCN(CC(=O)O)CCN(C)CC3)[C@H]2c2ccccc2)cc(C(F)(F)F)c1.O=C=O.O=C=O.[111InH3]. The molecule has 2 atom stereocenters. The van der Waals surface area contributed by atoms with Crippen LogP contribution in [0.3, 0.4) is 0 Å². The molecule has 2 aliphatic heterocycles. The van der Waals surface area contributed by atoms with E-state index in [1.165, 1.54) is 0 Å². The number of Topliss-reactive ketones (excluding diaryl/α,β-unsaturated/α-hetero) is 1. The molecule has 0 spiro atoms. The summed E-state index contributed by atoms with van der Waals surface area (Å²) in [5, 5.41) is 12.2. The number of nitrogens with zero attached hydrogens (tertiary/aromatic N) is 5. The van der Waals surface area contributed by atoms with Gasteiger partial charge in [-0.1, -0.05) is 42.0 Å². The number of hydrogen-bond acceptors (Lipinski definition) is 15. The first-order valence-corrected chi connectivity index (χ1v) is 21.6. The first-order valence-electron chi connectivity index (χ1n) is 21.6. The van der Waals surface area contributed by atoms with Gasteiger partial charge in [-0.25, -0.2) is 0 Å². The van der Waals surface area contributed by atoms with Gasteiger partial charge in [0.15, 0.2) is 0 Å². The maximum absolute atomic E-state index is 13.5. The molecule has 0 radical (unpaired) electrons. The van der Waals surface area contributed by atoms with Crippen molar-refractivity contribution in [3.8, 4) is 0 Å². The van der Waals surface area contributed by atoms with Gasteiger partial charge < -0.3 is 34.4 Å². The first kappa shape index (κ1) is 60.2. The molecule has 2 N–H and O–H groups in total. The van der Waals surface area contributed by atoms with Gasteiger partial charge >= 0.3 is 50.3 Å². The molecule has 4 rings (SSSR count). The van der Waals surface area contributed by atoms with E-state index in [1.54, 1.807) is 13.0 Å². The van der Waals surface area contributed by atoms with Crippen molar-refractivity contribution in [2.24, 2.45) is 0 Å². The summed E-state index contributed by atoms with van der Waals surface area (Å²) in [6.07, 6.45) is -1.75. The van der Waals surface area contributed by atoms with Gasteiger partial charge in [0.25, 0.3) is 0 Å². The monoisotopic (exact) mass is 1040 g/mol. The van der Waals surface area contributed by atoms with Crippen LogP contribution in [-0.2, 0) is 60.6 Å². The van der Waals surface area contributed by atoms with Gasteiger partial charge in [-0.2, -0.15) is 32.3 Å². The van der Waals surface area contributed by atoms with Crippen molar-refractivity contribution in [3.05, 3.63) is 70.8 Å². The van der Waals surface area contributed by atoms with Crippen molar-refractivity contribution >= 4 is 55.8 Å². The van der Waals surface area contributed by atoms with E-state index in [4.69, 9.17) is 33.4 Å². The van der Waals surface area contributed by atoms with Crippen molar-refractivity contribution in [2.45, 2.75) is 57.5 Å². The molecule has 66 heavy (non-hydrogen) atoms. The predicted molar refractivity (Wildman–Crippen MR) is 239 cm³/mol. The molecule has 2 fully saturated rings. The summed E-state index contributed by atoms with van der Waals surface area (Å²) >= 11 is 0. The fraction of sp³-hybridized carbons (Fsp3) is 0.622. The van der Waals surface area contributed by atoms with E-state index in [0.29, 0.717) is 76.6 Å². The summed E-state index contributed by atoms with van der Waals surface area (Å²) in [6, 6.07) is 13.6. The summed E-state index contributed by atoms with van der Waals surface area (Å²) < 4.78 is 58.0. The number of aryl methyl sites for hydroxylation is 1. The number of piperidine rings is 1. The van der Waals surface area contributed by atoms with Crippen LogP contribution in [0.5, 0.6) is 0 Å². The van der Waals surface area contributed by atoms with Crippen LogP contribution in [0.2, 0.25) is 0 Å². The second-order valence-electron chi connectivity index (χ2n) is 16.0. The van der Waals surface area contributed by atoms with Crippen LogP contribution in [0, 0.1) is 6.92 Å².